The second kappa shape index (κ2) is 7.86. The van der Waals surface area contributed by atoms with Crippen LogP contribution in [0.4, 0.5) is 5.82 Å². The van der Waals surface area contributed by atoms with Crippen LogP contribution in [0.15, 0.2) is 48.7 Å². The third kappa shape index (κ3) is 5.12. The molecule has 0 saturated carbocycles. The number of hydrogen-bond donors (Lipinski definition) is 3. The van der Waals surface area contributed by atoms with Gasteiger partial charge in [0, 0.05) is 12.7 Å². The van der Waals surface area contributed by atoms with Crippen molar-refractivity contribution in [3.05, 3.63) is 54.2 Å². The Bertz CT molecular complexity index is 575. The molecule has 3 N–H and O–H groups in total. The van der Waals surface area contributed by atoms with E-state index in [4.69, 9.17) is 4.74 Å². The molecule has 0 aliphatic heterocycles. The van der Waals surface area contributed by atoms with Crippen molar-refractivity contribution in [3.63, 3.8) is 0 Å². The molecule has 2 rings (SSSR count). The number of ether oxygens (including phenoxy) is 1. The molecular weight excluding hydrogens is 268 g/mol. The molecule has 6 heteroatoms. The topological polar surface area (TPSA) is 75.3 Å². The first kappa shape index (κ1) is 14.8. The van der Waals surface area contributed by atoms with E-state index < -0.39 is 0 Å². The molecule has 0 atom stereocenters. The zero-order valence-corrected chi connectivity index (χ0v) is 11.8. The molecule has 110 valence electrons. The predicted octanol–water partition coefficient (Wildman–Crippen LogP) is 1.32. The number of rotatable bonds is 7. The fourth-order valence-electron chi connectivity index (χ4n) is 1.70. The molecule has 6 nitrogen and oxygen atoms in total. The molecule has 0 bridgehead atoms. The zero-order chi connectivity index (χ0) is 14.9. The third-order valence-corrected chi connectivity index (χ3v) is 2.64. The molecule has 1 amide bonds. The van der Waals surface area contributed by atoms with Crippen LogP contribution in [0.1, 0.15) is 5.56 Å². The van der Waals surface area contributed by atoms with E-state index in [1.165, 1.54) is 0 Å². The number of pyridine rings is 1. The van der Waals surface area contributed by atoms with Crippen molar-refractivity contribution in [2.75, 3.05) is 19.1 Å². The second-order valence-electron chi connectivity index (χ2n) is 4.35. The molecule has 0 radical (unpaired) electrons. The SMILES string of the molecule is CNCc1cccc(OCC(=O)NNc2ccccn2)c1. The van der Waals surface area contributed by atoms with Crippen LogP contribution < -0.4 is 20.9 Å². The Labute approximate surface area is 123 Å². The van der Waals surface area contributed by atoms with Crippen LogP contribution in [-0.4, -0.2) is 24.5 Å². The molecular formula is C15H18N4O2. The smallest absolute Gasteiger partial charge is 0.276 e. The number of anilines is 1. The maximum atomic E-state index is 11.7. The van der Waals surface area contributed by atoms with Crippen LogP contribution in [0.5, 0.6) is 5.75 Å². The van der Waals surface area contributed by atoms with Gasteiger partial charge < -0.3 is 10.1 Å². The van der Waals surface area contributed by atoms with Crippen molar-refractivity contribution in [2.24, 2.45) is 0 Å². The average Bonchev–Trinajstić information content (AvgIpc) is 2.53. The minimum atomic E-state index is -0.278. The molecule has 1 aromatic carbocycles. The van der Waals surface area contributed by atoms with Crippen LogP contribution >= 0.6 is 0 Å². The average molecular weight is 286 g/mol. The fourth-order valence-corrected chi connectivity index (χ4v) is 1.70. The van der Waals surface area contributed by atoms with E-state index in [9.17, 15) is 4.79 Å². The summed E-state index contributed by atoms with van der Waals surface area (Å²) >= 11 is 0. The third-order valence-electron chi connectivity index (χ3n) is 2.64. The summed E-state index contributed by atoms with van der Waals surface area (Å²) in [7, 11) is 1.88. The van der Waals surface area contributed by atoms with Crippen molar-refractivity contribution >= 4 is 11.7 Å². The molecule has 1 aromatic heterocycles. The number of nitrogens with one attached hydrogen (secondary N) is 3. The van der Waals surface area contributed by atoms with Gasteiger partial charge in [-0.15, -0.1) is 0 Å². The summed E-state index contributed by atoms with van der Waals surface area (Å²) in [5.41, 5.74) is 6.33. The number of amides is 1. The summed E-state index contributed by atoms with van der Waals surface area (Å²) in [4.78, 5) is 15.7. The summed E-state index contributed by atoms with van der Waals surface area (Å²) in [6, 6.07) is 13.0. The zero-order valence-electron chi connectivity index (χ0n) is 11.8. The molecule has 0 saturated heterocycles. The van der Waals surface area contributed by atoms with Crippen LogP contribution in [0.25, 0.3) is 0 Å². The van der Waals surface area contributed by atoms with Gasteiger partial charge in [-0.05, 0) is 36.9 Å². The van der Waals surface area contributed by atoms with Gasteiger partial charge in [0.05, 0.1) is 0 Å². The van der Waals surface area contributed by atoms with E-state index in [0.29, 0.717) is 11.6 Å². The van der Waals surface area contributed by atoms with E-state index in [1.807, 2.05) is 37.4 Å². The monoisotopic (exact) mass is 286 g/mol. The minimum Gasteiger partial charge on any atom is -0.484 e. The van der Waals surface area contributed by atoms with Crippen molar-refractivity contribution in [1.29, 1.82) is 0 Å². The molecule has 0 unspecified atom stereocenters. The summed E-state index contributed by atoms with van der Waals surface area (Å²) in [5, 5.41) is 3.06. The molecule has 0 aliphatic rings. The first-order valence-corrected chi connectivity index (χ1v) is 6.60. The summed E-state index contributed by atoms with van der Waals surface area (Å²) in [6.45, 7) is 0.688. The molecule has 1 heterocycles. The predicted molar refractivity (Wildman–Crippen MR) is 80.7 cm³/mol. The highest BCUT2D eigenvalue weighted by molar-refractivity contribution is 5.78. The van der Waals surface area contributed by atoms with E-state index in [1.54, 1.807) is 18.3 Å². The number of hydrogen-bond acceptors (Lipinski definition) is 5. The first-order valence-electron chi connectivity index (χ1n) is 6.60. The van der Waals surface area contributed by atoms with Gasteiger partial charge in [-0.25, -0.2) is 4.98 Å². The normalized spacial score (nSPS) is 9.95. The van der Waals surface area contributed by atoms with Gasteiger partial charge >= 0.3 is 0 Å². The summed E-state index contributed by atoms with van der Waals surface area (Å²) < 4.78 is 5.44. The highest BCUT2D eigenvalue weighted by Crippen LogP contribution is 2.12. The van der Waals surface area contributed by atoms with Gasteiger partial charge in [0.2, 0.25) is 0 Å². The number of benzene rings is 1. The Morgan fingerprint density at radius 1 is 1.24 bits per heavy atom. The van der Waals surface area contributed by atoms with Gasteiger partial charge in [0.1, 0.15) is 11.6 Å². The van der Waals surface area contributed by atoms with Crippen LogP contribution in [0, 0.1) is 0 Å². The lowest BCUT2D eigenvalue weighted by Gasteiger charge is -2.09. The second-order valence-corrected chi connectivity index (χ2v) is 4.35. The van der Waals surface area contributed by atoms with E-state index in [0.717, 1.165) is 12.1 Å². The molecule has 0 fully saturated rings. The first-order chi connectivity index (χ1) is 10.3. The van der Waals surface area contributed by atoms with E-state index in [-0.39, 0.29) is 12.5 Å². The van der Waals surface area contributed by atoms with Crippen LogP contribution in [0.2, 0.25) is 0 Å². The summed E-state index contributed by atoms with van der Waals surface area (Å²) in [5.74, 6) is 0.956. The summed E-state index contributed by atoms with van der Waals surface area (Å²) in [6.07, 6.45) is 1.64. The largest absolute Gasteiger partial charge is 0.484 e. The number of carbonyl (C=O) groups excluding carboxylic acids is 1. The maximum Gasteiger partial charge on any atom is 0.276 e. The highest BCUT2D eigenvalue weighted by Gasteiger charge is 2.03. The highest BCUT2D eigenvalue weighted by atomic mass is 16.5. The lowest BCUT2D eigenvalue weighted by Crippen LogP contribution is -2.33. The molecule has 0 aliphatic carbocycles. The van der Waals surface area contributed by atoms with Crippen molar-refractivity contribution in [1.82, 2.24) is 15.7 Å². The van der Waals surface area contributed by atoms with Crippen LogP contribution in [0.3, 0.4) is 0 Å². The van der Waals surface area contributed by atoms with Gasteiger partial charge in [-0.3, -0.25) is 15.6 Å². The number of nitrogens with zero attached hydrogens (tertiary/aromatic N) is 1. The van der Waals surface area contributed by atoms with Gasteiger partial charge in [0.15, 0.2) is 6.61 Å². The van der Waals surface area contributed by atoms with E-state index in [2.05, 4.69) is 21.2 Å². The maximum absolute atomic E-state index is 11.7. The lowest BCUT2D eigenvalue weighted by atomic mass is 10.2. The standard InChI is InChI=1S/C15H18N4O2/c1-16-10-12-5-4-6-13(9-12)21-11-15(20)19-18-14-7-2-3-8-17-14/h2-9,16H,10-11H2,1H3,(H,17,18)(H,19,20). The van der Waals surface area contributed by atoms with Crippen LogP contribution in [-0.2, 0) is 11.3 Å². The van der Waals surface area contributed by atoms with Crippen molar-refractivity contribution in [2.45, 2.75) is 6.54 Å². The number of carbonyl (C=O) groups is 1. The Balaban J connectivity index is 1.77. The van der Waals surface area contributed by atoms with Crippen molar-refractivity contribution in [3.8, 4) is 5.75 Å². The Morgan fingerprint density at radius 3 is 2.90 bits per heavy atom. The lowest BCUT2D eigenvalue weighted by molar-refractivity contribution is -0.122. The molecule has 2 aromatic rings. The fraction of sp³-hybridized carbons (Fsp3) is 0.200. The van der Waals surface area contributed by atoms with Crippen molar-refractivity contribution < 1.29 is 9.53 Å². The Hall–Kier alpha value is -2.60. The van der Waals surface area contributed by atoms with Gasteiger partial charge in [-0.2, -0.15) is 0 Å². The molecule has 0 spiro atoms. The minimum absolute atomic E-state index is 0.0666. The van der Waals surface area contributed by atoms with E-state index >= 15 is 0 Å². The molecule has 21 heavy (non-hydrogen) atoms. The Morgan fingerprint density at radius 2 is 2.14 bits per heavy atom. The quantitative estimate of drug-likeness (QED) is 0.669. The Kier molecular flexibility index (Phi) is 5.54. The number of aromatic nitrogens is 1. The van der Waals surface area contributed by atoms with Gasteiger partial charge in [-0.1, -0.05) is 18.2 Å². The van der Waals surface area contributed by atoms with Gasteiger partial charge in [0.25, 0.3) is 5.91 Å². The number of hydrazine groups is 1.